The van der Waals surface area contributed by atoms with E-state index in [-0.39, 0.29) is 6.10 Å². The number of rotatable bonds is 11. The van der Waals surface area contributed by atoms with Crippen LogP contribution in [0.1, 0.15) is 20.8 Å². The van der Waals surface area contributed by atoms with Gasteiger partial charge in [-0.3, -0.25) is 0 Å². The molecule has 3 nitrogen and oxygen atoms in total. The Morgan fingerprint density at radius 1 is 0.722 bits per heavy atom. The average Bonchev–Trinajstić information content (AvgIpc) is 2.39. The van der Waals surface area contributed by atoms with E-state index < -0.39 is 0 Å². The van der Waals surface area contributed by atoms with Crippen LogP contribution in [-0.4, -0.2) is 39.1 Å². The van der Waals surface area contributed by atoms with E-state index in [1.165, 1.54) is 0 Å². The highest BCUT2D eigenvalue weighted by Gasteiger charge is 2.08. The third kappa shape index (κ3) is 11.6. The van der Waals surface area contributed by atoms with Gasteiger partial charge in [-0.2, -0.15) is 0 Å². The van der Waals surface area contributed by atoms with E-state index in [0.29, 0.717) is 33.0 Å². The molecule has 0 bridgehead atoms. The van der Waals surface area contributed by atoms with Gasteiger partial charge in [-0.25, -0.2) is 0 Å². The zero-order chi connectivity index (χ0) is 13.5. The molecule has 0 aromatic carbocycles. The molecule has 0 amide bonds. The van der Waals surface area contributed by atoms with Gasteiger partial charge in [-0.15, -0.1) is 0 Å². The molecule has 0 unspecified atom stereocenters. The molecule has 0 heterocycles. The van der Waals surface area contributed by atoms with E-state index in [1.54, 1.807) is 0 Å². The summed E-state index contributed by atoms with van der Waals surface area (Å²) in [5.41, 5.74) is 0. The minimum Gasteiger partial charge on any atom is -0.375 e. The SMILES string of the molecule is CC=CCOCC(COCC=CC)OCC=CC. The van der Waals surface area contributed by atoms with Crippen molar-refractivity contribution >= 4 is 0 Å². The van der Waals surface area contributed by atoms with Crippen molar-refractivity contribution < 1.29 is 14.2 Å². The van der Waals surface area contributed by atoms with Crippen LogP contribution in [0.15, 0.2) is 36.5 Å². The first-order chi connectivity index (χ1) is 8.85. The molecule has 0 aliphatic heterocycles. The maximum atomic E-state index is 5.66. The lowest BCUT2D eigenvalue weighted by Gasteiger charge is -2.16. The summed E-state index contributed by atoms with van der Waals surface area (Å²) in [5, 5.41) is 0. The fourth-order valence-corrected chi connectivity index (χ4v) is 1.16. The van der Waals surface area contributed by atoms with Crippen LogP contribution in [-0.2, 0) is 14.2 Å². The lowest BCUT2D eigenvalue weighted by Crippen LogP contribution is -2.26. The van der Waals surface area contributed by atoms with Gasteiger partial charge in [-0.1, -0.05) is 36.5 Å². The zero-order valence-electron chi connectivity index (χ0n) is 11.8. The smallest absolute Gasteiger partial charge is 0.105 e. The quantitative estimate of drug-likeness (QED) is 0.419. The lowest BCUT2D eigenvalue weighted by molar-refractivity contribution is -0.0429. The van der Waals surface area contributed by atoms with E-state index in [1.807, 2.05) is 57.2 Å². The van der Waals surface area contributed by atoms with Crippen LogP contribution in [0.25, 0.3) is 0 Å². The van der Waals surface area contributed by atoms with Crippen LogP contribution in [0.5, 0.6) is 0 Å². The molecule has 0 aliphatic rings. The highest BCUT2D eigenvalue weighted by Crippen LogP contribution is 1.97. The van der Waals surface area contributed by atoms with Gasteiger partial charge in [0.05, 0.1) is 33.0 Å². The number of ether oxygens (including phenoxy) is 3. The lowest BCUT2D eigenvalue weighted by atomic mass is 10.4. The maximum Gasteiger partial charge on any atom is 0.105 e. The highest BCUT2D eigenvalue weighted by molar-refractivity contribution is 4.79. The minimum atomic E-state index is -0.0169. The molecule has 0 radical (unpaired) electrons. The van der Waals surface area contributed by atoms with Gasteiger partial charge in [0.2, 0.25) is 0 Å². The van der Waals surface area contributed by atoms with Crippen molar-refractivity contribution in [2.45, 2.75) is 26.9 Å². The normalized spacial score (nSPS) is 14.2. The Bertz CT molecular complexity index is 226. The Morgan fingerprint density at radius 2 is 1.17 bits per heavy atom. The van der Waals surface area contributed by atoms with Gasteiger partial charge in [0.15, 0.2) is 0 Å². The van der Waals surface area contributed by atoms with E-state index in [4.69, 9.17) is 14.2 Å². The summed E-state index contributed by atoms with van der Waals surface area (Å²) in [6.07, 6.45) is 11.8. The Kier molecular flexibility index (Phi) is 13.5. The predicted molar refractivity (Wildman–Crippen MR) is 75.8 cm³/mol. The van der Waals surface area contributed by atoms with E-state index in [2.05, 4.69) is 0 Å². The van der Waals surface area contributed by atoms with Crippen molar-refractivity contribution in [2.24, 2.45) is 0 Å². The van der Waals surface area contributed by atoms with Gasteiger partial charge >= 0.3 is 0 Å². The maximum absolute atomic E-state index is 5.66. The molecule has 0 saturated carbocycles. The van der Waals surface area contributed by atoms with Crippen LogP contribution in [0.2, 0.25) is 0 Å². The highest BCUT2D eigenvalue weighted by atomic mass is 16.6. The van der Waals surface area contributed by atoms with Crippen LogP contribution in [0.4, 0.5) is 0 Å². The van der Waals surface area contributed by atoms with Gasteiger partial charge in [0, 0.05) is 0 Å². The molecule has 0 atom stereocenters. The van der Waals surface area contributed by atoms with Crippen LogP contribution < -0.4 is 0 Å². The molecule has 0 aromatic rings. The molecule has 3 heteroatoms. The second kappa shape index (κ2) is 14.2. The summed E-state index contributed by atoms with van der Waals surface area (Å²) in [4.78, 5) is 0. The topological polar surface area (TPSA) is 27.7 Å². The number of hydrogen-bond donors (Lipinski definition) is 0. The van der Waals surface area contributed by atoms with Gasteiger partial charge in [-0.05, 0) is 20.8 Å². The molecular weight excluding hydrogens is 228 g/mol. The largest absolute Gasteiger partial charge is 0.375 e. The van der Waals surface area contributed by atoms with Gasteiger partial charge in [0.1, 0.15) is 6.10 Å². The average molecular weight is 254 g/mol. The Balaban J connectivity index is 3.82. The van der Waals surface area contributed by atoms with Gasteiger partial charge < -0.3 is 14.2 Å². The summed E-state index contributed by atoms with van der Waals surface area (Å²) in [5.74, 6) is 0. The molecule has 0 fully saturated rings. The molecule has 0 N–H and O–H groups in total. The van der Waals surface area contributed by atoms with E-state index in [9.17, 15) is 0 Å². The molecule has 0 rings (SSSR count). The summed E-state index contributed by atoms with van der Waals surface area (Å²) >= 11 is 0. The van der Waals surface area contributed by atoms with Crippen molar-refractivity contribution in [3.63, 3.8) is 0 Å². The summed E-state index contributed by atoms with van der Waals surface area (Å²) in [6, 6.07) is 0. The van der Waals surface area contributed by atoms with Crippen molar-refractivity contribution in [1.82, 2.24) is 0 Å². The number of hydrogen-bond acceptors (Lipinski definition) is 3. The zero-order valence-corrected chi connectivity index (χ0v) is 11.8. The summed E-state index contributed by atoms with van der Waals surface area (Å²) in [7, 11) is 0. The predicted octanol–water partition coefficient (Wildman–Crippen LogP) is 3.13. The Labute approximate surface area is 111 Å². The third-order valence-corrected chi connectivity index (χ3v) is 2.17. The van der Waals surface area contributed by atoms with Crippen LogP contribution >= 0.6 is 0 Å². The molecule has 18 heavy (non-hydrogen) atoms. The molecule has 0 aliphatic carbocycles. The Hall–Kier alpha value is -0.900. The second-order valence-electron chi connectivity index (χ2n) is 3.74. The first-order valence-corrected chi connectivity index (χ1v) is 6.45. The summed E-state index contributed by atoms with van der Waals surface area (Å²) < 4.78 is 16.6. The molecule has 0 saturated heterocycles. The van der Waals surface area contributed by atoms with E-state index in [0.717, 1.165) is 0 Å². The summed E-state index contributed by atoms with van der Waals surface area (Å²) in [6.45, 7) is 8.87. The second-order valence-corrected chi connectivity index (χ2v) is 3.74. The number of allylic oxidation sites excluding steroid dienone is 3. The molecule has 0 aromatic heterocycles. The molecule has 0 spiro atoms. The fraction of sp³-hybridized carbons (Fsp3) is 0.600. The van der Waals surface area contributed by atoms with Gasteiger partial charge in [0.25, 0.3) is 0 Å². The Morgan fingerprint density at radius 3 is 1.61 bits per heavy atom. The first kappa shape index (κ1) is 17.1. The van der Waals surface area contributed by atoms with Crippen molar-refractivity contribution in [3.8, 4) is 0 Å². The van der Waals surface area contributed by atoms with Crippen LogP contribution in [0, 0.1) is 0 Å². The van der Waals surface area contributed by atoms with E-state index >= 15 is 0 Å². The van der Waals surface area contributed by atoms with Crippen LogP contribution in [0.3, 0.4) is 0 Å². The first-order valence-electron chi connectivity index (χ1n) is 6.45. The monoisotopic (exact) mass is 254 g/mol. The minimum absolute atomic E-state index is 0.0169. The van der Waals surface area contributed by atoms with Crippen molar-refractivity contribution in [1.29, 1.82) is 0 Å². The molecular formula is C15H26O3. The fourth-order valence-electron chi connectivity index (χ4n) is 1.16. The van der Waals surface area contributed by atoms with Crippen molar-refractivity contribution in [3.05, 3.63) is 36.5 Å². The third-order valence-electron chi connectivity index (χ3n) is 2.17. The van der Waals surface area contributed by atoms with Crippen molar-refractivity contribution in [2.75, 3.05) is 33.0 Å². The molecule has 104 valence electrons. The standard InChI is InChI=1S/C15H26O3/c1-4-7-10-16-13-15(18-12-9-6-3)14-17-11-8-5-2/h4-9,15H,10-14H2,1-3H3.